The largest absolute Gasteiger partial charge is 0.356 e. The van der Waals surface area contributed by atoms with E-state index in [0.717, 1.165) is 24.0 Å². The van der Waals surface area contributed by atoms with Crippen LogP contribution in [0.2, 0.25) is 0 Å². The van der Waals surface area contributed by atoms with Crippen LogP contribution in [0.15, 0.2) is 35.3 Å². The topological polar surface area (TPSA) is 70.6 Å². The van der Waals surface area contributed by atoms with Crippen LogP contribution in [-0.2, 0) is 15.6 Å². The highest BCUT2D eigenvalue weighted by Gasteiger charge is 2.21. The van der Waals surface area contributed by atoms with Crippen molar-refractivity contribution in [2.24, 2.45) is 10.9 Å². The predicted octanol–water partition coefficient (Wildman–Crippen LogP) is 2.18. The molecular formula is C16H26IN3O2S. The van der Waals surface area contributed by atoms with Gasteiger partial charge in [0.2, 0.25) is 0 Å². The Hall–Kier alpha value is -0.830. The van der Waals surface area contributed by atoms with Crippen LogP contribution < -0.4 is 10.6 Å². The number of nitrogens with zero attached hydrogens (tertiary/aromatic N) is 1. The molecule has 1 aromatic carbocycles. The molecular weight excluding hydrogens is 425 g/mol. The van der Waals surface area contributed by atoms with Crippen LogP contribution in [0.25, 0.3) is 0 Å². The lowest BCUT2D eigenvalue weighted by atomic mass is 10.2. The van der Waals surface area contributed by atoms with Gasteiger partial charge in [-0.25, -0.2) is 8.42 Å². The van der Waals surface area contributed by atoms with E-state index in [4.69, 9.17) is 0 Å². The summed E-state index contributed by atoms with van der Waals surface area (Å²) >= 11 is 0. The Kier molecular flexibility index (Phi) is 8.90. The molecule has 0 atom stereocenters. The maximum atomic E-state index is 12.1. The van der Waals surface area contributed by atoms with E-state index in [-0.39, 0.29) is 35.5 Å². The fourth-order valence-electron chi connectivity index (χ4n) is 2.18. The van der Waals surface area contributed by atoms with Gasteiger partial charge in [0.25, 0.3) is 0 Å². The molecule has 1 fully saturated rings. The second-order valence-corrected chi connectivity index (χ2v) is 7.94. The van der Waals surface area contributed by atoms with Crippen LogP contribution >= 0.6 is 24.0 Å². The number of nitrogens with one attached hydrogen (secondary N) is 2. The molecule has 1 saturated carbocycles. The van der Waals surface area contributed by atoms with Crippen LogP contribution in [0.5, 0.6) is 0 Å². The number of hydrogen-bond donors (Lipinski definition) is 2. The van der Waals surface area contributed by atoms with Crippen LogP contribution in [-0.4, -0.2) is 40.3 Å². The summed E-state index contributed by atoms with van der Waals surface area (Å²) in [6.07, 6.45) is 3.17. The standard InChI is InChI=1S/C16H25N3O2S.HI/c1-17-16(19-12-14-8-9-14)18-10-5-11-22(20,21)13-15-6-3-2-4-7-15;/h2-4,6-7,14H,5,8-13H2,1H3,(H2,17,18,19);1H. The second-order valence-electron chi connectivity index (χ2n) is 5.75. The summed E-state index contributed by atoms with van der Waals surface area (Å²) in [7, 11) is -1.32. The van der Waals surface area contributed by atoms with Crippen molar-refractivity contribution in [2.45, 2.75) is 25.0 Å². The quantitative estimate of drug-likeness (QED) is 0.275. The average Bonchev–Trinajstić information content (AvgIpc) is 3.31. The first-order chi connectivity index (χ1) is 10.6. The number of halogens is 1. The molecule has 5 nitrogen and oxygen atoms in total. The Morgan fingerprint density at radius 3 is 2.52 bits per heavy atom. The van der Waals surface area contributed by atoms with E-state index in [9.17, 15) is 8.42 Å². The maximum Gasteiger partial charge on any atom is 0.190 e. The van der Waals surface area contributed by atoms with Gasteiger partial charge in [-0.05, 0) is 30.7 Å². The second kappa shape index (κ2) is 10.1. The lowest BCUT2D eigenvalue weighted by Gasteiger charge is -2.11. The Balaban J connectivity index is 0.00000264. The fourth-order valence-corrected chi connectivity index (χ4v) is 3.61. The van der Waals surface area contributed by atoms with E-state index in [2.05, 4.69) is 15.6 Å². The highest BCUT2D eigenvalue weighted by molar-refractivity contribution is 14.0. The molecule has 0 saturated heterocycles. The van der Waals surface area contributed by atoms with Crippen molar-refractivity contribution < 1.29 is 8.42 Å². The predicted molar refractivity (Wildman–Crippen MR) is 106 cm³/mol. The molecule has 1 aliphatic rings. The highest BCUT2D eigenvalue weighted by Crippen LogP contribution is 2.27. The zero-order valence-electron chi connectivity index (χ0n) is 13.5. The molecule has 1 aliphatic carbocycles. The summed E-state index contributed by atoms with van der Waals surface area (Å²) in [5, 5.41) is 6.42. The highest BCUT2D eigenvalue weighted by atomic mass is 127. The van der Waals surface area contributed by atoms with E-state index >= 15 is 0 Å². The summed E-state index contributed by atoms with van der Waals surface area (Å²) in [5.74, 6) is 1.84. The molecule has 0 aliphatic heterocycles. The molecule has 2 rings (SSSR count). The van der Waals surface area contributed by atoms with Crippen molar-refractivity contribution in [2.75, 3.05) is 25.9 Å². The van der Waals surface area contributed by atoms with Crippen LogP contribution in [0, 0.1) is 5.92 Å². The molecule has 0 aromatic heterocycles. The van der Waals surface area contributed by atoms with Crippen LogP contribution in [0.1, 0.15) is 24.8 Å². The minimum Gasteiger partial charge on any atom is -0.356 e. The summed E-state index contributed by atoms with van der Waals surface area (Å²) in [6.45, 7) is 1.56. The zero-order valence-corrected chi connectivity index (χ0v) is 16.6. The number of hydrogen-bond acceptors (Lipinski definition) is 3. The van der Waals surface area contributed by atoms with Crippen molar-refractivity contribution in [1.82, 2.24) is 10.6 Å². The first kappa shape index (κ1) is 20.2. The molecule has 130 valence electrons. The third-order valence-electron chi connectivity index (χ3n) is 3.63. The Morgan fingerprint density at radius 2 is 1.91 bits per heavy atom. The lowest BCUT2D eigenvalue weighted by Crippen LogP contribution is -2.39. The van der Waals surface area contributed by atoms with Crippen molar-refractivity contribution in [1.29, 1.82) is 0 Å². The number of rotatable bonds is 8. The van der Waals surface area contributed by atoms with Crippen molar-refractivity contribution >= 4 is 39.8 Å². The van der Waals surface area contributed by atoms with Gasteiger partial charge in [-0.3, -0.25) is 4.99 Å². The molecule has 0 spiro atoms. The summed E-state index contributed by atoms with van der Waals surface area (Å²) in [4.78, 5) is 4.13. The minimum atomic E-state index is -3.06. The summed E-state index contributed by atoms with van der Waals surface area (Å²) in [6, 6.07) is 9.31. The molecule has 2 N–H and O–H groups in total. The average molecular weight is 451 g/mol. The van der Waals surface area contributed by atoms with Crippen LogP contribution in [0.3, 0.4) is 0 Å². The molecule has 7 heteroatoms. The Labute approximate surface area is 156 Å². The molecule has 0 heterocycles. The molecule has 0 bridgehead atoms. The number of benzene rings is 1. The van der Waals surface area contributed by atoms with Gasteiger partial charge in [0.1, 0.15) is 0 Å². The minimum absolute atomic E-state index is 0. The normalized spacial score (nSPS) is 14.9. The van der Waals surface area contributed by atoms with Gasteiger partial charge < -0.3 is 10.6 Å². The summed E-state index contributed by atoms with van der Waals surface area (Å²) < 4.78 is 24.1. The van der Waals surface area contributed by atoms with Gasteiger partial charge >= 0.3 is 0 Å². The third kappa shape index (κ3) is 8.55. The lowest BCUT2D eigenvalue weighted by molar-refractivity contribution is 0.591. The number of guanidine groups is 1. The molecule has 1 aromatic rings. The summed E-state index contributed by atoms with van der Waals surface area (Å²) in [5.41, 5.74) is 0.845. The molecule has 0 radical (unpaired) electrons. The van der Waals surface area contributed by atoms with E-state index < -0.39 is 9.84 Å². The van der Waals surface area contributed by atoms with Gasteiger partial charge in [0.05, 0.1) is 11.5 Å². The van der Waals surface area contributed by atoms with Crippen molar-refractivity contribution in [3.63, 3.8) is 0 Å². The maximum absolute atomic E-state index is 12.1. The smallest absolute Gasteiger partial charge is 0.190 e. The molecule has 0 unspecified atom stereocenters. The Bertz CT molecular complexity index is 587. The van der Waals surface area contributed by atoms with Gasteiger partial charge in [-0.1, -0.05) is 30.3 Å². The van der Waals surface area contributed by atoms with Gasteiger partial charge in [0.15, 0.2) is 15.8 Å². The monoisotopic (exact) mass is 451 g/mol. The number of aliphatic imine (C=N–C) groups is 1. The molecule has 0 amide bonds. The van der Waals surface area contributed by atoms with Gasteiger partial charge in [-0.15, -0.1) is 24.0 Å². The fraction of sp³-hybridized carbons (Fsp3) is 0.562. The molecule has 23 heavy (non-hydrogen) atoms. The van der Waals surface area contributed by atoms with Gasteiger partial charge in [-0.2, -0.15) is 0 Å². The van der Waals surface area contributed by atoms with Gasteiger partial charge in [0, 0.05) is 20.1 Å². The van der Waals surface area contributed by atoms with Crippen LogP contribution in [0.4, 0.5) is 0 Å². The Morgan fingerprint density at radius 1 is 1.22 bits per heavy atom. The third-order valence-corrected chi connectivity index (χ3v) is 5.32. The number of sulfone groups is 1. The van der Waals surface area contributed by atoms with E-state index in [1.807, 2.05) is 30.3 Å². The first-order valence-corrected chi connectivity index (χ1v) is 9.60. The van der Waals surface area contributed by atoms with E-state index in [1.54, 1.807) is 7.05 Å². The SMILES string of the molecule is CN=C(NCCCS(=O)(=O)Cc1ccccc1)NCC1CC1.I. The van der Waals surface area contributed by atoms with E-state index in [1.165, 1.54) is 12.8 Å². The van der Waals surface area contributed by atoms with Crippen molar-refractivity contribution in [3.8, 4) is 0 Å². The zero-order chi connectivity index (χ0) is 15.8. The van der Waals surface area contributed by atoms with E-state index in [0.29, 0.717) is 13.0 Å². The van der Waals surface area contributed by atoms with Crippen molar-refractivity contribution in [3.05, 3.63) is 35.9 Å². The first-order valence-electron chi connectivity index (χ1n) is 7.78.